The fourth-order valence-corrected chi connectivity index (χ4v) is 3.42. The van der Waals surface area contributed by atoms with Gasteiger partial charge in [0.1, 0.15) is 6.10 Å². The number of primary amides is 1. The van der Waals surface area contributed by atoms with Crippen molar-refractivity contribution in [3.63, 3.8) is 0 Å². The molecule has 2 aromatic rings. The van der Waals surface area contributed by atoms with Crippen molar-refractivity contribution in [2.75, 3.05) is 5.73 Å². The number of aliphatic hydroxyl groups is 1. The van der Waals surface area contributed by atoms with Crippen LogP contribution in [0, 0.1) is 5.41 Å². The van der Waals surface area contributed by atoms with Gasteiger partial charge in [-0.2, -0.15) is 0 Å². The summed E-state index contributed by atoms with van der Waals surface area (Å²) in [7, 11) is 0. The molecule has 0 radical (unpaired) electrons. The highest BCUT2D eigenvalue weighted by molar-refractivity contribution is 6.42. The molecule has 7 heteroatoms. The maximum Gasteiger partial charge on any atom is 0.404 e. The van der Waals surface area contributed by atoms with E-state index in [1.807, 2.05) is 20.8 Å². The molecule has 2 aromatic carbocycles. The maximum atomic E-state index is 11.4. The highest BCUT2D eigenvalue weighted by atomic mass is 35.5. The van der Waals surface area contributed by atoms with Gasteiger partial charge in [0.25, 0.3) is 0 Å². The van der Waals surface area contributed by atoms with E-state index in [1.165, 1.54) is 0 Å². The third-order valence-electron chi connectivity index (χ3n) is 4.70. The lowest BCUT2D eigenvalue weighted by Crippen LogP contribution is -2.36. The van der Waals surface area contributed by atoms with E-state index in [1.54, 1.807) is 42.5 Å². The standard InChI is InChI=1S/C21H26Cl2N2O3/c1-21(2,3)18(28-20(25)27)11-15(12-7-8-16(22)17(23)10-12)19(26)13-5-4-6-14(24)9-13/h4-10,15,18-19,26H,11,24H2,1-3H3,(H2,25,27). The first-order chi connectivity index (χ1) is 13.0. The number of ether oxygens (including phenoxy) is 1. The minimum atomic E-state index is -0.901. The highest BCUT2D eigenvalue weighted by Gasteiger charge is 2.34. The predicted molar refractivity (Wildman–Crippen MR) is 114 cm³/mol. The molecular weight excluding hydrogens is 399 g/mol. The van der Waals surface area contributed by atoms with E-state index >= 15 is 0 Å². The van der Waals surface area contributed by atoms with Crippen LogP contribution in [-0.4, -0.2) is 17.3 Å². The van der Waals surface area contributed by atoms with Crippen molar-refractivity contribution in [1.82, 2.24) is 0 Å². The number of nitrogens with two attached hydrogens (primary N) is 2. The van der Waals surface area contributed by atoms with Gasteiger partial charge in [-0.15, -0.1) is 0 Å². The lowest BCUT2D eigenvalue weighted by Gasteiger charge is -2.34. The summed E-state index contributed by atoms with van der Waals surface area (Å²) in [4.78, 5) is 11.4. The molecule has 0 spiro atoms. The lowest BCUT2D eigenvalue weighted by atomic mass is 9.78. The van der Waals surface area contributed by atoms with Crippen LogP contribution in [0.3, 0.4) is 0 Å². The summed E-state index contributed by atoms with van der Waals surface area (Å²) in [5.74, 6) is -0.430. The number of amides is 1. The summed E-state index contributed by atoms with van der Waals surface area (Å²) < 4.78 is 5.37. The minimum Gasteiger partial charge on any atom is -0.446 e. The zero-order valence-electron chi connectivity index (χ0n) is 16.2. The first kappa shape index (κ1) is 22.3. The Hall–Kier alpha value is -1.95. The van der Waals surface area contributed by atoms with E-state index in [4.69, 9.17) is 39.4 Å². The molecule has 5 N–H and O–H groups in total. The summed E-state index contributed by atoms with van der Waals surface area (Å²) >= 11 is 12.3. The highest BCUT2D eigenvalue weighted by Crippen LogP contribution is 2.41. The van der Waals surface area contributed by atoms with E-state index in [2.05, 4.69) is 0 Å². The molecule has 0 aliphatic rings. The predicted octanol–water partition coefficient (Wildman–Crippen LogP) is 5.29. The van der Waals surface area contributed by atoms with Gasteiger partial charge in [-0.25, -0.2) is 4.79 Å². The number of benzene rings is 2. The second kappa shape index (κ2) is 9.03. The Kier molecular flexibility index (Phi) is 7.21. The van der Waals surface area contributed by atoms with Gasteiger partial charge in [-0.05, 0) is 47.2 Å². The first-order valence-corrected chi connectivity index (χ1v) is 9.69. The Morgan fingerprint density at radius 1 is 1.11 bits per heavy atom. The van der Waals surface area contributed by atoms with Gasteiger partial charge in [-0.1, -0.05) is 62.2 Å². The molecule has 5 nitrogen and oxygen atoms in total. The van der Waals surface area contributed by atoms with Gasteiger partial charge in [0, 0.05) is 11.6 Å². The van der Waals surface area contributed by atoms with Crippen LogP contribution in [0.2, 0.25) is 10.0 Å². The zero-order chi connectivity index (χ0) is 21.1. The third-order valence-corrected chi connectivity index (χ3v) is 5.44. The zero-order valence-corrected chi connectivity index (χ0v) is 17.7. The monoisotopic (exact) mass is 424 g/mol. The molecule has 0 aromatic heterocycles. The van der Waals surface area contributed by atoms with Crippen LogP contribution < -0.4 is 11.5 Å². The molecule has 0 aliphatic heterocycles. The Morgan fingerprint density at radius 2 is 1.79 bits per heavy atom. The van der Waals surface area contributed by atoms with Crippen molar-refractivity contribution in [1.29, 1.82) is 0 Å². The minimum absolute atomic E-state index is 0.334. The van der Waals surface area contributed by atoms with Crippen LogP contribution in [0.25, 0.3) is 0 Å². The quantitative estimate of drug-likeness (QED) is 0.548. The number of anilines is 1. The smallest absolute Gasteiger partial charge is 0.404 e. The van der Waals surface area contributed by atoms with Crippen LogP contribution in [0.15, 0.2) is 42.5 Å². The van der Waals surface area contributed by atoms with Crippen molar-refractivity contribution in [3.8, 4) is 0 Å². The number of carbonyl (C=O) groups is 1. The molecule has 3 unspecified atom stereocenters. The average molecular weight is 425 g/mol. The van der Waals surface area contributed by atoms with Gasteiger partial charge >= 0.3 is 6.09 Å². The Balaban J connectivity index is 2.48. The second-order valence-corrected chi connectivity index (χ2v) is 8.74. The van der Waals surface area contributed by atoms with E-state index in [0.29, 0.717) is 27.7 Å². The number of carbonyl (C=O) groups excluding carboxylic acids is 1. The Morgan fingerprint density at radius 3 is 2.32 bits per heavy atom. The van der Waals surface area contributed by atoms with Gasteiger partial charge in [0.05, 0.1) is 16.1 Å². The molecule has 152 valence electrons. The van der Waals surface area contributed by atoms with Gasteiger partial charge in [0.2, 0.25) is 0 Å². The van der Waals surface area contributed by atoms with Crippen molar-refractivity contribution in [2.24, 2.45) is 11.1 Å². The molecule has 2 rings (SSSR count). The number of halogens is 2. The maximum absolute atomic E-state index is 11.4. The number of hydrogen-bond acceptors (Lipinski definition) is 4. The van der Waals surface area contributed by atoms with Gasteiger partial charge in [-0.3, -0.25) is 0 Å². The van der Waals surface area contributed by atoms with Crippen LogP contribution in [0.4, 0.5) is 10.5 Å². The molecule has 0 saturated carbocycles. The van der Waals surface area contributed by atoms with E-state index in [-0.39, 0.29) is 5.41 Å². The number of rotatable bonds is 6. The van der Waals surface area contributed by atoms with Gasteiger partial charge in [0.15, 0.2) is 0 Å². The summed E-state index contributed by atoms with van der Waals surface area (Å²) in [6, 6.07) is 12.2. The number of aliphatic hydroxyl groups excluding tert-OH is 1. The van der Waals surface area contributed by atoms with Gasteiger partial charge < -0.3 is 21.3 Å². The van der Waals surface area contributed by atoms with Crippen molar-refractivity contribution >= 4 is 35.0 Å². The van der Waals surface area contributed by atoms with E-state index in [9.17, 15) is 9.90 Å². The average Bonchev–Trinajstić information content (AvgIpc) is 2.59. The molecule has 1 amide bonds. The summed E-state index contributed by atoms with van der Waals surface area (Å²) in [5.41, 5.74) is 12.7. The fourth-order valence-electron chi connectivity index (χ4n) is 3.11. The van der Waals surface area contributed by atoms with Crippen LogP contribution in [-0.2, 0) is 4.74 Å². The summed E-state index contributed by atoms with van der Waals surface area (Å²) in [5, 5.41) is 12.0. The van der Waals surface area contributed by atoms with Crippen LogP contribution in [0.1, 0.15) is 50.3 Å². The molecule has 0 saturated heterocycles. The van der Waals surface area contributed by atoms with Crippen molar-refractivity contribution in [2.45, 2.75) is 45.3 Å². The molecule has 0 fully saturated rings. The molecule has 0 aliphatic carbocycles. The van der Waals surface area contributed by atoms with E-state index in [0.717, 1.165) is 5.56 Å². The molecule has 3 atom stereocenters. The number of hydrogen-bond donors (Lipinski definition) is 3. The lowest BCUT2D eigenvalue weighted by molar-refractivity contribution is 0.0123. The fraction of sp³-hybridized carbons (Fsp3) is 0.381. The summed E-state index contributed by atoms with van der Waals surface area (Å²) in [6.45, 7) is 5.83. The molecule has 0 heterocycles. The van der Waals surface area contributed by atoms with Crippen LogP contribution in [0.5, 0.6) is 0 Å². The van der Waals surface area contributed by atoms with E-state index < -0.39 is 24.2 Å². The van der Waals surface area contributed by atoms with Crippen LogP contribution >= 0.6 is 23.2 Å². The molecular formula is C21H26Cl2N2O3. The third kappa shape index (κ3) is 5.77. The van der Waals surface area contributed by atoms with Crippen molar-refractivity contribution in [3.05, 3.63) is 63.6 Å². The SMILES string of the molecule is CC(C)(C)C(CC(c1ccc(Cl)c(Cl)c1)C(O)c1cccc(N)c1)OC(N)=O. The normalized spacial score (nSPS) is 14.9. The topological polar surface area (TPSA) is 98.6 Å². The molecule has 28 heavy (non-hydrogen) atoms. The largest absolute Gasteiger partial charge is 0.446 e. The Bertz CT molecular complexity index is 837. The number of nitrogen functional groups attached to an aromatic ring is 1. The second-order valence-electron chi connectivity index (χ2n) is 7.92. The summed E-state index contributed by atoms with van der Waals surface area (Å²) in [6.07, 6.45) is -1.95. The Labute approximate surface area is 175 Å². The first-order valence-electron chi connectivity index (χ1n) is 8.93. The molecule has 0 bridgehead atoms. The van der Waals surface area contributed by atoms with Crippen molar-refractivity contribution < 1.29 is 14.6 Å².